The molecule has 0 radical (unpaired) electrons. The minimum atomic E-state index is 0.294. The van der Waals surface area contributed by atoms with E-state index in [4.69, 9.17) is 4.74 Å². The van der Waals surface area contributed by atoms with Gasteiger partial charge in [-0.3, -0.25) is 4.90 Å². The smallest absolute Gasteiger partial charge is 0.120 e. The van der Waals surface area contributed by atoms with Crippen LogP contribution >= 0.6 is 0 Å². The lowest BCUT2D eigenvalue weighted by molar-refractivity contribution is 0.183. The molecule has 0 atom stereocenters. The molecule has 1 N–H and O–H groups in total. The van der Waals surface area contributed by atoms with E-state index in [-0.39, 0.29) is 0 Å². The van der Waals surface area contributed by atoms with Crippen molar-refractivity contribution < 1.29 is 9.84 Å². The second-order valence-electron chi connectivity index (χ2n) is 5.44. The first-order chi connectivity index (χ1) is 9.81. The molecule has 0 saturated carbocycles. The highest BCUT2D eigenvalue weighted by Crippen LogP contribution is 2.24. The molecule has 1 aliphatic rings. The normalized spacial score (nSPS) is 16.4. The van der Waals surface area contributed by atoms with Gasteiger partial charge in [0.05, 0.1) is 0 Å². The molecule has 2 aromatic rings. The Kier molecular flexibility index (Phi) is 4.07. The molecule has 3 rings (SSSR count). The van der Waals surface area contributed by atoms with Crippen LogP contribution in [-0.4, -0.2) is 36.2 Å². The third kappa shape index (κ3) is 3.23. The summed E-state index contributed by atoms with van der Waals surface area (Å²) in [5.41, 5.74) is 0. The van der Waals surface area contributed by atoms with E-state index in [1.54, 1.807) is 12.1 Å². The average molecular weight is 271 g/mol. The van der Waals surface area contributed by atoms with Crippen molar-refractivity contribution in [2.75, 3.05) is 26.2 Å². The molecule has 20 heavy (non-hydrogen) atoms. The summed E-state index contributed by atoms with van der Waals surface area (Å²) in [4.78, 5) is 2.47. The van der Waals surface area contributed by atoms with Crippen molar-refractivity contribution in [3.05, 3.63) is 36.4 Å². The van der Waals surface area contributed by atoms with E-state index < -0.39 is 0 Å². The van der Waals surface area contributed by atoms with Gasteiger partial charge in [-0.2, -0.15) is 0 Å². The highest BCUT2D eigenvalue weighted by molar-refractivity contribution is 5.85. The lowest BCUT2D eigenvalue weighted by Crippen LogP contribution is -2.33. The first kappa shape index (κ1) is 13.3. The second kappa shape index (κ2) is 6.14. The number of fused-ring (bicyclic) bond motifs is 1. The first-order valence-corrected chi connectivity index (χ1v) is 7.39. The summed E-state index contributed by atoms with van der Waals surface area (Å²) in [7, 11) is 0. The zero-order chi connectivity index (χ0) is 13.8. The van der Waals surface area contributed by atoms with Crippen LogP contribution in [0.2, 0.25) is 0 Å². The van der Waals surface area contributed by atoms with Crippen LogP contribution in [0.5, 0.6) is 11.5 Å². The van der Waals surface area contributed by atoms with Crippen LogP contribution in [0.1, 0.15) is 19.3 Å². The molecule has 1 heterocycles. The minimum absolute atomic E-state index is 0.294. The molecule has 0 aliphatic carbocycles. The van der Waals surface area contributed by atoms with E-state index >= 15 is 0 Å². The number of phenols is 1. The number of piperidine rings is 1. The Bertz CT molecular complexity index is 576. The second-order valence-corrected chi connectivity index (χ2v) is 5.44. The molecular formula is C17H21NO2. The van der Waals surface area contributed by atoms with Crippen molar-refractivity contribution in [1.82, 2.24) is 4.90 Å². The van der Waals surface area contributed by atoms with Gasteiger partial charge in [0.25, 0.3) is 0 Å². The van der Waals surface area contributed by atoms with Crippen LogP contribution < -0.4 is 4.74 Å². The fourth-order valence-electron chi connectivity index (χ4n) is 2.78. The van der Waals surface area contributed by atoms with Crippen molar-refractivity contribution >= 4 is 10.8 Å². The standard InChI is InChI=1S/C17H21NO2/c19-16-6-4-14-5-7-17(13-15(14)12-16)20-11-10-18-8-2-1-3-9-18/h4-7,12-13,19H,1-3,8-11H2. The van der Waals surface area contributed by atoms with Gasteiger partial charge in [0.2, 0.25) is 0 Å². The zero-order valence-electron chi connectivity index (χ0n) is 11.7. The molecule has 3 heteroatoms. The summed E-state index contributed by atoms with van der Waals surface area (Å²) in [6, 6.07) is 11.4. The number of hydrogen-bond acceptors (Lipinski definition) is 3. The monoisotopic (exact) mass is 271 g/mol. The first-order valence-electron chi connectivity index (χ1n) is 7.39. The van der Waals surface area contributed by atoms with E-state index in [9.17, 15) is 5.11 Å². The molecule has 1 saturated heterocycles. The third-order valence-electron chi connectivity index (χ3n) is 3.92. The van der Waals surface area contributed by atoms with Crippen molar-refractivity contribution in [2.24, 2.45) is 0 Å². The molecule has 0 bridgehead atoms. The van der Waals surface area contributed by atoms with Gasteiger partial charge < -0.3 is 9.84 Å². The average Bonchev–Trinajstić information content (AvgIpc) is 2.48. The van der Waals surface area contributed by atoms with Crippen LogP contribution in [0.3, 0.4) is 0 Å². The fraction of sp³-hybridized carbons (Fsp3) is 0.412. The van der Waals surface area contributed by atoms with Gasteiger partial charge in [-0.05, 0) is 61.0 Å². The summed E-state index contributed by atoms with van der Waals surface area (Å²) in [5.74, 6) is 1.17. The van der Waals surface area contributed by atoms with Crippen LogP contribution in [0.15, 0.2) is 36.4 Å². The summed E-state index contributed by atoms with van der Waals surface area (Å²) in [6.45, 7) is 4.13. The Morgan fingerprint density at radius 3 is 2.60 bits per heavy atom. The number of hydrogen-bond donors (Lipinski definition) is 1. The maximum Gasteiger partial charge on any atom is 0.120 e. The highest BCUT2D eigenvalue weighted by Gasteiger charge is 2.09. The Balaban J connectivity index is 1.59. The van der Waals surface area contributed by atoms with Crippen molar-refractivity contribution in [2.45, 2.75) is 19.3 Å². The highest BCUT2D eigenvalue weighted by atomic mass is 16.5. The molecule has 3 nitrogen and oxygen atoms in total. The molecule has 0 aromatic heterocycles. The number of benzene rings is 2. The number of nitrogens with zero attached hydrogens (tertiary/aromatic N) is 1. The van der Waals surface area contributed by atoms with Crippen LogP contribution in [0.25, 0.3) is 10.8 Å². The van der Waals surface area contributed by atoms with Crippen LogP contribution in [0.4, 0.5) is 0 Å². The van der Waals surface area contributed by atoms with Crippen LogP contribution in [0, 0.1) is 0 Å². The zero-order valence-corrected chi connectivity index (χ0v) is 11.7. The summed E-state index contributed by atoms with van der Waals surface area (Å²) < 4.78 is 5.83. The number of phenolic OH excluding ortho intramolecular Hbond substituents is 1. The van der Waals surface area contributed by atoms with E-state index in [2.05, 4.69) is 4.90 Å². The summed E-state index contributed by atoms with van der Waals surface area (Å²) in [5, 5.41) is 11.7. The number of likely N-dealkylation sites (tertiary alicyclic amines) is 1. The van der Waals surface area contributed by atoms with Gasteiger partial charge in [-0.1, -0.05) is 18.6 Å². The fourth-order valence-corrected chi connectivity index (χ4v) is 2.78. The maximum atomic E-state index is 9.52. The number of rotatable bonds is 4. The van der Waals surface area contributed by atoms with E-state index in [0.717, 1.165) is 29.7 Å². The van der Waals surface area contributed by atoms with Gasteiger partial charge >= 0.3 is 0 Å². The van der Waals surface area contributed by atoms with Gasteiger partial charge in [0.1, 0.15) is 18.1 Å². The molecule has 2 aromatic carbocycles. The Labute approximate surface area is 119 Å². The quantitative estimate of drug-likeness (QED) is 0.925. The van der Waals surface area contributed by atoms with Crippen molar-refractivity contribution in [1.29, 1.82) is 0 Å². The van der Waals surface area contributed by atoms with Crippen molar-refractivity contribution in [3.8, 4) is 11.5 Å². The minimum Gasteiger partial charge on any atom is -0.508 e. The topological polar surface area (TPSA) is 32.7 Å². The Morgan fingerprint density at radius 2 is 1.75 bits per heavy atom. The van der Waals surface area contributed by atoms with Gasteiger partial charge in [0, 0.05) is 6.54 Å². The summed E-state index contributed by atoms with van der Waals surface area (Å²) in [6.07, 6.45) is 4.00. The SMILES string of the molecule is Oc1ccc2ccc(OCCN3CCCCC3)cc2c1. The lowest BCUT2D eigenvalue weighted by Gasteiger charge is -2.26. The Morgan fingerprint density at radius 1 is 0.950 bits per heavy atom. The lowest BCUT2D eigenvalue weighted by atomic mass is 10.1. The number of aromatic hydroxyl groups is 1. The van der Waals surface area contributed by atoms with Crippen LogP contribution in [-0.2, 0) is 0 Å². The molecule has 1 aliphatic heterocycles. The Hall–Kier alpha value is -1.74. The van der Waals surface area contributed by atoms with E-state index in [1.165, 1.54) is 32.4 Å². The van der Waals surface area contributed by atoms with E-state index in [1.807, 2.05) is 24.3 Å². The molecule has 0 amide bonds. The van der Waals surface area contributed by atoms with Gasteiger partial charge in [0.15, 0.2) is 0 Å². The van der Waals surface area contributed by atoms with Gasteiger partial charge in [-0.25, -0.2) is 0 Å². The van der Waals surface area contributed by atoms with Crippen molar-refractivity contribution in [3.63, 3.8) is 0 Å². The molecule has 0 spiro atoms. The third-order valence-corrected chi connectivity index (χ3v) is 3.92. The molecule has 1 fully saturated rings. The predicted molar refractivity (Wildman–Crippen MR) is 81.4 cm³/mol. The summed E-state index contributed by atoms with van der Waals surface area (Å²) >= 11 is 0. The van der Waals surface area contributed by atoms with Gasteiger partial charge in [-0.15, -0.1) is 0 Å². The number of ether oxygens (including phenoxy) is 1. The largest absolute Gasteiger partial charge is 0.508 e. The molecule has 0 unspecified atom stereocenters. The predicted octanol–water partition coefficient (Wildman–Crippen LogP) is 3.41. The van der Waals surface area contributed by atoms with E-state index in [0.29, 0.717) is 5.75 Å². The molecular weight excluding hydrogens is 250 g/mol. The maximum absolute atomic E-state index is 9.52. The molecule has 106 valence electrons.